The molecule has 1 atom stereocenters. The average molecular weight is 269 g/mol. The zero-order valence-corrected chi connectivity index (χ0v) is 12.0. The van der Waals surface area contributed by atoms with Gasteiger partial charge in [-0.15, -0.1) is 0 Å². The molecule has 1 rings (SSSR count). The summed E-state index contributed by atoms with van der Waals surface area (Å²) in [5.41, 5.74) is 4.48. The Morgan fingerprint density at radius 3 is 2.40 bits per heavy atom. The third-order valence-electron chi connectivity index (χ3n) is 2.91. The van der Waals surface area contributed by atoms with Gasteiger partial charge in [0, 0.05) is 4.83 Å². The van der Waals surface area contributed by atoms with Crippen molar-refractivity contribution < 1.29 is 0 Å². The van der Waals surface area contributed by atoms with Gasteiger partial charge in [-0.3, -0.25) is 0 Å². The van der Waals surface area contributed by atoms with E-state index < -0.39 is 0 Å². The number of rotatable bonds is 3. The molecule has 15 heavy (non-hydrogen) atoms. The van der Waals surface area contributed by atoms with Crippen LogP contribution in [0.25, 0.3) is 0 Å². The molecular formula is C14H21Br. The van der Waals surface area contributed by atoms with Gasteiger partial charge in [-0.25, -0.2) is 0 Å². The average Bonchev–Trinajstić information content (AvgIpc) is 2.06. The van der Waals surface area contributed by atoms with Crippen LogP contribution in [0.1, 0.15) is 43.9 Å². The van der Waals surface area contributed by atoms with Crippen molar-refractivity contribution >= 4 is 15.9 Å². The monoisotopic (exact) mass is 268 g/mol. The van der Waals surface area contributed by atoms with Crippen LogP contribution in [0.4, 0.5) is 0 Å². The lowest BCUT2D eigenvalue weighted by Gasteiger charge is -2.29. The summed E-state index contributed by atoms with van der Waals surface area (Å²) in [6, 6.07) is 6.74. The zero-order chi connectivity index (χ0) is 11.6. The van der Waals surface area contributed by atoms with Gasteiger partial charge in [0.2, 0.25) is 0 Å². The maximum atomic E-state index is 3.65. The largest absolute Gasteiger partial charge is 0.0893 e. The van der Waals surface area contributed by atoms with Gasteiger partial charge < -0.3 is 0 Å². The van der Waals surface area contributed by atoms with Gasteiger partial charge in [-0.1, -0.05) is 60.5 Å². The van der Waals surface area contributed by atoms with E-state index in [1.54, 1.807) is 0 Å². The molecular weight excluding hydrogens is 248 g/mol. The Labute approximate surface area is 102 Å². The van der Waals surface area contributed by atoms with Crippen LogP contribution in [-0.2, 0) is 5.41 Å². The van der Waals surface area contributed by atoms with Gasteiger partial charge in [-0.05, 0) is 36.8 Å². The molecule has 0 radical (unpaired) electrons. The Hall–Kier alpha value is -0.300. The van der Waals surface area contributed by atoms with Crippen molar-refractivity contribution in [2.45, 2.75) is 51.3 Å². The first-order chi connectivity index (χ1) is 6.83. The van der Waals surface area contributed by atoms with E-state index >= 15 is 0 Å². The lowest BCUT2D eigenvalue weighted by atomic mass is 9.78. The summed E-state index contributed by atoms with van der Waals surface area (Å²) in [7, 11) is 0. The molecule has 1 aromatic carbocycles. The molecule has 1 unspecified atom stereocenters. The van der Waals surface area contributed by atoms with Crippen molar-refractivity contribution in [3.63, 3.8) is 0 Å². The fourth-order valence-electron chi connectivity index (χ4n) is 2.28. The Balaban J connectivity index is 3.08. The van der Waals surface area contributed by atoms with Gasteiger partial charge in [0.1, 0.15) is 0 Å². The topological polar surface area (TPSA) is 0 Å². The molecule has 0 spiro atoms. The molecule has 0 bridgehead atoms. The molecule has 0 saturated carbocycles. The third kappa shape index (κ3) is 3.34. The van der Waals surface area contributed by atoms with Gasteiger partial charge >= 0.3 is 0 Å². The second-order valence-corrected chi connectivity index (χ2v) is 6.75. The first kappa shape index (κ1) is 12.8. The number of hydrogen-bond acceptors (Lipinski definition) is 0. The summed E-state index contributed by atoms with van der Waals surface area (Å²) in [4.78, 5) is 0.562. The molecule has 0 aliphatic carbocycles. The molecule has 84 valence electrons. The van der Waals surface area contributed by atoms with Crippen molar-refractivity contribution in [1.29, 1.82) is 0 Å². The van der Waals surface area contributed by atoms with E-state index in [1.165, 1.54) is 16.7 Å². The number of benzene rings is 1. The number of hydrogen-bond donors (Lipinski definition) is 0. The summed E-state index contributed by atoms with van der Waals surface area (Å²) in [6.45, 7) is 11.2. The molecule has 0 aliphatic rings. The van der Waals surface area contributed by atoms with E-state index in [-0.39, 0.29) is 5.41 Å². The highest BCUT2D eigenvalue weighted by molar-refractivity contribution is 9.09. The molecule has 1 heteroatoms. The van der Waals surface area contributed by atoms with Crippen LogP contribution in [0, 0.1) is 13.8 Å². The predicted octanol–water partition coefficient (Wildman–Crippen LogP) is 4.75. The second-order valence-electron chi connectivity index (χ2n) is 5.19. The molecule has 1 aromatic rings. The van der Waals surface area contributed by atoms with Gasteiger partial charge in [0.05, 0.1) is 0 Å². The van der Waals surface area contributed by atoms with E-state index in [9.17, 15) is 0 Å². The number of aryl methyl sites for hydroxylation is 2. The minimum absolute atomic E-state index is 0.249. The highest BCUT2D eigenvalue weighted by Crippen LogP contribution is 2.33. The van der Waals surface area contributed by atoms with E-state index in [0.29, 0.717) is 4.83 Å². The van der Waals surface area contributed by atoms with Crippen LogP contribution >= 0.6 is 15.9 Å². The summed E-state index contributed by atoms with van der Waals surface area (Å²) in [6.07, 6.45) is 1.16. The highest BCUT2D eigenvalue weighted by Gasteiger charge is 2.24. The van der Waals surface area contributed by atoms with Crippen LogP contribution in [0.5, 0.6) is 0 Å². The Morgan fingerprint density at radius 1 is 1.27 bits per heavy atom. The normalized spacial score (nSPS) is 14.0. The van der Waals surface area contributed by atoms with Crippen molar-refractivity contribution in [1.82, 2.24) is 0 Å². The molecule has 0 nitrogen and oxygen atoms in total. The zero-order valence-electron chi connectivity index (χ0n) is 10.4. The summed E-state index contributed by atoms with van der Waals surface area (Å²) in [5.74, 6) is 0. The minimum atomic E-state index is 0.249. The molecule has 0 heterocycles. The summed E-state index contributed by atoms with van der Waals surface area (Å²) < 4.78 is 0. The lowest BCUT2D eigenvalue weighted by Crippen LogP contribution is -2.22. The maximum Gasteiger partial charge on any atom is 0.0125 e. The molecule has 0 fully saturated rings. The van der Waals surface area contributed by atoms with E-state index in [2.05, 4.69) is 68.7 Å². The lowest BCUT2D eigenvalue weighted by molar-refractivity contribution is 0.479. The Kier molecular flexibility index (Phi) is 3.99. The van der Waals surface area contributed by atoms with E-state index in [4.69, 9.17) is 0 Å². The van der Waals surface area contributed by atoms with E-state index in [0.717, 1.165) is 6.42 Å². The standard InChI is InChI=1S/C14H21Br/c1-10-6-7-11(2)13(8-10)14(4,5)9-12(3)15/h6-8,12H,9H2,1-5H3. The molecule has 0 amide bonds. The maximum absolute atomic E-state index is 3.65. The van der Waals surface area contributed by atoms with Crippen molar-refractivity contribution in [3.05, 3.63) is 34.9 Å². The summed E-state index contributed by atoms with van der Waals surface area (Å²) in [5, 5.41) is 0. The Bertz CT molecular complexity index is 337. The third-order valence-corrected chi connectivity index (χ3v) is 3.24. The van der Waals surface area contributed by atoms with Gasteiger partial charge in [-0.2, -0.15) is 0 Å². The van der Waals surface area contributed by atoms with Crippen molar-refractivity contribution in [2.75, 3.05) is 0 Å². The first-order valence-electron chi connectivity index (χ1n) is 5.55. The molecule has 0 N–H and O–H groups in total. The van der Waals surface area contributed by atoms with E-state index in [1.807, 2.05) is 0 Å². The van der Waals surface area contributed by atoms with Crippen LogP contribution in [0.15, 0.2) is 18.2 Å². The second kappa shape index (κ2) is 4.69. The van der Waals surface area contributed by atoms with Crippen LogP contribution < -0.4 is 0 Å². The molecule has 0 aromatic heterocycles. The van der Waals surface area contributed by atoms with Crippen LogP contribution in [0.2, 0.25) is 0 Å². The van der Waals surface area contributed by atoms with Crippen molar-refractivity contribution in [3.8, 4) is 0 Å². The van der Waals surface area contributed by atoms with Crippen LogP contribution in [-0.4, -0.2) is 4.83 Å². The number of alkyl halides is 1. The molecule has 0 aliphatic heterocycles. The smallest absolute Gasteiger partial charge is 0.0125 e. The Morgan fingerprint density at radius 2 is 1.87 bits per heavy atom. The number of halogens is 1. The van der Waals surface area contributed by atoms with Crippen LogP contribution in [0.3, 0.4) is 0 Å². The highest BCUT2D eigenvalue weighted by atomic mass is 79.9. The fraction of sp³-hybridized carbons (Fsp3) is 0.571. The molecule has 0 saturated heterocycles. The predicted molar refractivity (Wildman–Crippen MR) is 71.9 cm³/mol. The van der Waals surface area contributed by atoms with Crippen molar-refractivity contribution in [2.24, 2.45) is 0 Å². The SMILES string of the molecule is Cc1ccc(C)c(C(C)(C)CC(C)Br)c1. The fourth-order valence-corrected chi connectivity index (χ4v) is 3.09. The minimum Gasteiger partial charge on any atom is -0.0893 e. The first-order valence-corrected chi connectivity index (χ1v) is 6.46. The summed E-state index contributed by atoms with van der Waals surface area (Å²) >= 11 is 3.65. The quantitative estimate of drug-likeness (QED) is 0.694. The van der Waals surface area contributed by atoms with Gasteiger partial charge in [0.25, 0.3) is 0 Å². The van der Waals surface area contributed by atoms with Gasteiger partial charge in [0.15, 0.2) is 0 Å².